The molecule has 0 aliphatic carbocycles. The second-order valence-corrected chi connectivity index (χ2v) is 2.22. The molecule has 0 amide bonds. The lowest BCUT2D eigenvalue weighted by molar-refractivity contribution is -0.140. The molecule has 1 aliphatic rings. The van der Waals surface area contributed by atoms with Crippen LogP contribution in [-0.4, -0.2) is 18.8 Å². The van der Waals surface area contributed by atoms with Crippen LogP contribution >= 0.6 is 0 Å². The SMILES string of the molecule is C1=CN=CCC1.CCOC(C)=O. The first-order valence-electron chi connectivity index (χ1n) is 4.07. The van der Waals surface area contributed by atoms with Gasteiger partial charge in [0.2, 0.25) is 0 Å². The molecule has 0 N–H and O–H groups in total. The number of ether oxygens (including phenoxy) is 1. The van der Waals surface area contributed by atoms with Crippen molar-refractivity contribution in [2.24, 2.45) is 4.99 Å². The monoisotopic (exact) mass is 169 g/mol. The average molecular weight is 169 g/mol. The molecule has 0 bridgehead atoms. The highest BCUT2D eigenvalue weighted by Gasteiger charge is 1.81. The molecule has 0 aromatic heterocycles. The number of allylic oxidation sites excluding steroid dienone is 1. The summed E-state index contributed by atoms with van der Waals surface area (Å²) in [5.41, 5.74) is 0. The highest BCUT2D eigenvalue weighted by molar-refractivity contribution is 5.65. The molecule has 1 rings (SSSR count). The average Bonchev–Trinajstić information content (AvgIpc) is 2.08. The van der Waals surface area contributed by atoms with Crippen molar-refractivity contribution in [3.63, 3.8) is 0 Å². The maximum absolute atomic E-state index is 9.82. The van der Waals surface area contributed by atoms with Gasteiger partial charge in [0.05, 0.1) is 6.61 Å². The van der Waals surface area contributed by atoms with E-state index in [4.69, 9.17) is 0 Å². The van der Waals surface area contributed by atoms with Crippen molar-refractivity contribution in [1.82, 2.24) is 0 Å². The van der Waals surface area contributed by atoms with E-state index < -0.39 is 0 Å². The lowest BCUT2D eigenvalue weighted by atomic mass is 10.3. The van der Waals surface area contributed by atoms with Crippen LogP contribution in [0.25, 0.3) is 0 Å². The van der Waals surface area contributed by atoms with Gasteiger partial charge in [-0.1, -0.05) is 6.08 Å². The van der Waals surface area contributed by atoms with Gasteiger partial charge in [-0.25, -0.2) is 0 Å². The van der Waals surface area contributed by atoms with Crippen molar-refractivity contribution in [1.29, 1.82) is 0 Å². The number of carbonyl (C=O) groups excluding carboxylic acids is 1. The fraction of sp³-hybridized carbons (Fsp3) is 0.556. The topological polar surface area (TPSA) is 38.7 Å². The van der Waals surface area contributed by atoms with E-state index in [0.29, 0.717) is 6.61 Å². The summed E-state index contributed by atoms with van der Waals surface area (Å²) in [5.74, 6) is -0.211. The first-order valence-corrected chi connectivity index (χ1v) is 4.07. The first-order chi connectivity index (χ1) is 5.77. The van der Waals surface area contributed by atoms with E-state index >= 15 is 0 Å². The van der Waals surface area contributed by atoms with Gasteiger partial charge in [-0.05, 0) is 19.8 Å². The third-order valence-electron chi connectivity index (χ3n) is 1.11. The maximum atomic E-state index is 9.82. The quantitative estimate of drug-likeness (QED) is 0.562. The molecular weight excluding hydrogens is 154 g/mol. The minimum atomic E-state index is -0.211. The van der Waals surface area contributed by atoms with Crippen molar-refractivity contribution >= 4 is 12.2 Å². The molecule has 0 radical (unpaired) electrons. The van der Waals surface area contributed by atoms with Crippen LogP contribution in [0, 0.1) is 0 Å². The summed E-state index contributed by atoms with van der Waals surface area (Å²) < 4.78 is 4.40. The van der Waals surface area contributed by atoms with Crippen molar-refractivity contribution in [2.75, 3.05) is 6.61 Å². The Balaban J connectivity index is 0.000000202. The normalized spacial score (nSPS) is 13.2. The predicted molar refractivity (Wildman–Crippen MR) is 49.2 cm³/mol. The molecule has 0 aromatic rings. The number of hydrogen-bond acceptors (Lipinski definition) is 3. The summed E-state index contributed by atoms with van der Waals surface area (Å²) in [6.07, 6.45) is 8.13. The summed E-state index contributed by atoms with van der Waals surface area (Å²) in [4.78, 5) is 13.7. The van der Waals surface area contributed by atoms with Gasteiger partial charge in [-0.2, -0.15) is 0 Å². The molecule has 0 atom stereocenters. The van der Waals surface area contributed by atoms with E-state index in [-0.39, 0.29) is 5.97 Å². The predicted octanol–water partition coefficient (Wildman–Crippen LogP) is 1.93. The lowest BCUT2D eigenvalue weighted by Gasteiger charge is -1.89. The van der Waals surface area contributed by atoms with E-state index in [1.54, 1.807) is 6.92 Å². The summed E-state index contributed by atoms with van der Waals surface area (Å²) >= 11 is 0. The Morgan fingerprint density at radius 3 is 2.42 bits per heavy atom. The Morgan fingerprint density at radius 2 is 2.33 bits per heavy atom. The zero-order chi connectivity index (χ0) is 9.23. The molecule has 0 spiro atoms. The van der Waals surface area contributed by atoms with E-state index in [1.807, 2.05) is 12.4 Å². The molecule has 1 heterocycles. The number of aliphatic imine (C=N–C) groups is 1. The van der Waals surface area contributed by atoms with Crippen LogP contribution in [0.4, 0.5) is 0 Å². The van der Waals surface area contributed by atoms with Crippen molar-refractivity contribution < 1.29 is 9.53 Å². The van der Waals surface area contributed by atoms with Crippen LogP contribution < -0.4 is 0 Å². The van der Waals surface area contributed by atoms with E-state index in [9.17, 15) is 4.79 Å². The van der Waals surface area contributed by atoms with Gasteiger partial charge in [0.25, 0.3) is 0 Å². The second kappa shape index (κ2) is 7.98. The minimum absolute atomic E-state index is 0.211. The molecule has 1 aliphatic heterocycles. The molecule has 3 heteroatoms. The van der Waals surface area contributed by atoms with Crippen molar-refractivity contribution in [3.05, 3.63) is 12.3 Å². The van der Waals surface area contributed by atoms with Gasteiger partial charge in [-0.15, -0.1) is 0 Å². The molecule has 12 heavy (non-hydrogen) atoms. The van der Waals surface area contributed by atoms with E-state index in [2.05, 4.69) is 15.8 Å². The molecule has 68 valence electrons. The smallest absolute Gasteiger partial charge is 0.302 e. The van der Waals surface area contributed by atoms with Gasteiger partial charge < -0.3 is 4.74 Å². The largest absolute Gasteiger partial charge is 0.466 e. The highest BCUT2D eigenvalue weighted by atomic mass is 16.5. The van der Waals surface area contributed by atoms with Crippen molar-refractivity contribution in [2.45, 2.75) is 26.7 Å². The number of rotatable bonds is 1. The zero-order valence-corrected chi connectivity index (χ0v) is 7.62. The molecular formula is C9H15NO2. The Kier molecular flexibility index (Phi) is 7.24. The second-order valence-electron chi connectivity index (χ2n) is 2.22. The van der Waals surface area contributed by atoms with Crippen LogP contribution in [0.5, 0.6) is 0 Å². The number of hydrogen-bond donors (Lipinski definition) is 0. The number of carbonyl (C=O) groups is 1. The van der Waals surface area contributed by atoms with Crippen LogP contribution in [0.2, 0.25) is 0 Å². The fourth-order valence-corrected chi connectivity index (χ4v) is 0.645. The third-order valence-corrected chi connectivity index (χ3v) is 1.11. The Hall–Kier alpha value is -1.12. The van der Waals surface area contributed by atoms with Gasteiger partial charge >= 0.3 is 5.97 Å². The minimum Gasteiger partial charge on any atom is -0.466 e. The Bertz CT molecular complexity index is 161. The number of nitrogens with zero attached hydrogens (tertiary/aromatic N) is 1. The van der Waals surface area contributed by atoms with Gasteiger partial charge in [0.1, 0.15) is 0 Å². The van der Waals surface area contributed by atoms with Crippen molar-refractivity contribution in [3.8, 4) is 0 Å². The Morgan fingerprint density at radius 1 is 1.58 bits per heavy atom. The standard InChI is InChI=1S/C5H7N.C4H8O2/c1-2-4-6-5-3-1;1-3-6-4(2)5/h2,4-5H,1,3H2;3H2,1-2H3. The van der Waals surface area contributed by atoms with Crippen LogP contribution in [0.15, 0.2) is 17.3 Å². The summed E-state index contributed by atoms with van der Waals surface area (Å²) in [7, 11) is 0. The summed E-state index contributed by atoms with van der Waals surface area (Å²) in [6, 6.07) is 0. The molecule has 0 aromatic carbocycles. The summed E-state index contributed by atoms with van der Waals surface area (Å²) in [6.45, 7) is 3.65. The first kappa shape index (κ1) is 10.9. The molecule has 0 unspecified atom stereocenters. The fourth-order valence-electron chi connectivity index (χ4n) is 0.645. The summed E-state index contributed by atoms with van der Waals surface area (Å²) in [5, 5.41) is 0. The third kappa shape index (κ3) is 8.88. The van der Waals surface area contributed by atoms with E-state index in [1.165, 1.54) is 13.3 Å². The molecule has 0 saturated heterocycles. The van der Waals surface area contributed by atoms with Gasteiger partial charge in [0.15, 0.2) is 0 Å². The van der Waals surface area contributed by atoms with Crippen LogP contribution in [0.3, 0.4) is 0 Å². The van der Waals surface area contributed by atoms with Gasteiger partial charge in [-0.3, -0.25) is 9.79 Å². The van der Waals surface area contributed by atoms with E-state index in [0.717, 1.165) is 6.42 Å². The lowest BCUT2D eigenvalue weighted by Crippen LogP contribution is -1.95. The molecule has 0 saturated carbocycles. The van der Waals surface area contributed by atoms with Crippen LogP contribution in [0.1, 0.15) is 26.7 Å². The van der Waals surface area contributed by atoms with Crippen LogP contribution in [-0.2, 0) is 9.53 Å². The maximum Gasteiger partial charge on any atom is 0.302 e. The number of esters is 1. The Labute approximate surface area is 73.1 Å². The van der Waals surface area contributed by atoms with Gasteiger partial charge in [0, 0.05) is 19.3 Å². The highest BCUT2D eigenvalue weighted by Crippen LogP contribution is 1.92. The zero-order valence-electron chi connectivity index (χ0n) is 7.62. The molecule has 3 nitrogen and oxygen atoms in total. The molecule has 0 fully saturated rings.